The number of aldehydes is 1. The number of carbonyl (C=O) groups excluding carboxylic acids is 1. The van der Waals surface area contributed by atoms with Crippen molar-refractivity contribution in [3.05, 3.63) is 28.3 Å². The normalized spacial score (nSPS) is 20.8. The molecule has 1 aromatic heterocycles. The molecule has 0 amide bonds. The van der Waals surface area contributed by atoms with Crippen LogP contribution < -0.4 is 4.90 Å². The molecule has 2 atom stereocenters. The smallest absolute Gasteiger partial charge is 0.183 e. The Balaban J connectivity index is 2.08. The number of alkyl halides is 1. The fraction of sp³-hybridized carbons (Fsp3) is 0.438. The van der Waals surface area contributed by atoms with E-state index in [-0.39, 0.29) is 39.9 Å². The number of benzene rings is 1. The number of hydrogen-bond donors (Lipinski definition) is 0. The summed E-state index contributed by atoms with van der Waals surface area (Å²) in [5.74, 6) is -1.99. The molecule has 0 saturated carbocycles. The minimum Gasteiger partial charge on any atom is -0.372 e. The first-order valence-electron chi connectivity index (χ1n) is 7.70. The summed E-state index contributed by atoms with van der Waals surface area (Å²) in [6.45, 7) is 4.44. The van der Waals surface area contributed by atoms with Gasteiger partial charge in [0.15, 0.2) is 22.9 Å². The summed E-state index contributed by atoms with van der Waals surface area (Å²) in [6.07, 6.45) is 0.218. The van der Waals surface area contributed by atoms with E-state index < -0.39 is 11.6 Å². The van der Waals surface area contributed by atoms with Crippen molar-refractivity contribution in [1.29, 1.82) is 0 Å². The van der Waals surface area contributed by atoms with Crippen molar-refractivity contribution < 1.29 is 18.3 Å². The number of ether oxygens (including phenoxy) is 1. The van der Waals surface area contributed by atoms with Crippen LogP contribution in [0.3, 0.4) is 0 Å². The number of morpholine rings is 1. The highest BCUT2D eigenvalue weighted by atomic mass is 35.5. The van der Waals surface area contributed by atoms with Crippen LogP contribution in [0.4, 0.5) is 14.5 Å². The van der Waals surface area contributed by atoms with Gasteiger partial charge in [-0.05, 0) is 19.9 Å². The Kier molecular flexibility index (Phi) is 5.31. The lowest BCUT2D eigenvalue weighted by molar-refractivity contribution is -0.00546. The minimum absolute atomic E-state index is 0.0414. The van der Waals surface area contributed by atoms with Gasteiger partial charge in [-0.1, -0.05) is 11.3 Å². The van der Waals surface area contributed by atoms with Gasteiger partial charge in [0.05, 0.1) is 29.3 Å². The summed E-state index contributed by atoms with van der Waals surface area (Å²) in [5.41, 5.74) is -0.0651. The van der Waals surface area contributed by atoms with Gasteiger partial charge >= 0.3 is 0 Å². The Morgan fingerprint density at radius 2 is 2.00 bits per heavy atom. The maximum Gasteiger partial charge on any atom is 0.183 e. The highest BCUT2D eigenvalue weighted by molar-refractivity contribution is 7.14. The molecule has 0 N–H and O–H groups in total. The van der Waals surface area contributed by atoms with Gasteiger partial charge in [-0.25, -0.2) is 8.78 Å². The van der Waals surface area contributed by atoms with Crippen molar-refractivity contribution in [2.24, 2.45) is 0 Å². The van der Waals surface area contributed by atoms with E-state index in [0.717, 1.165) is 11.3 Å². The first-order valence-corrected chi connectivity index (χ1v) is 9.06. The number of aromatic nitrogens is 2. The number of anilines is 1. The van der Waals surface area contributed by atoms with E-state index in [9.17, 15) is 13.6 Å². The third kappa shape index (κ3) is 3.51. The van der Waals surface area contributed by atoms with Gasteiger partial charge in [-0.15, -0.1) is 21.8 Å². The van der Waals surface area contributed by atoms with Crippen molar-refractivity contribution in [2.75, 3.05) is 18.0 Å². The topological polar surface area (TPSA) is 55.3 Å². The first-order chi connectivity index (χ1) is 11.9. The van der Waals surface area contributed by atoms with Crippen molar-refractivity contribution in [1.82, 2.24) is 10.2 Å². The van der Waals surface area contributed by atoms with Crippen LogP contribution in [0.5, 0.6) is 0 Å². The van der Waals surface area contributed by atoms with Crippen LogP contribution in [-0.4, -0.2) is 41.8 Å². The molecule has 0 spiro atoms. The average Bonchev–Trinajstić information content (AvgIpc) is 3.05. The number of rotatable bonds is 4. The lowest BCUT2D eigenvalue weighted by atomic mass is 10.1. The standard InChI is InChI=1S/C16H16ClF2N3O2S/c1-8-5-22(6-9(2)24-8)15-10(7-23)3-11(13(18)14(15)19)16-21-20-12(4-17)25-16/h3,7-9H,4-6H2,1-2H3. The molecule has 3 rings (SSSR count). The highest BCUT2D eigenvalue weighted by Gasteiger charge is 2.29. The molecule has 25 heavy (non-hydrogen) atoms. The second-order valence-electron chi connectivity index (χ2n) is 5.90. The van der Waals surface area contributed by atoms with Crippen LogP contribution in [0.1, 0.15) is 29.2 Å². The Bertz CT molecular complexity index is 792. The van der Waals surface area contributed by atoms with E-state index in [4.69, 9.17) is 16.3 Å². The van der Waals surface area contributed by atoms with Crippen LogP contribution in [0.15, 0.2) is 6.07 Å². The summed E-state index contributed by atoms with van der Waals surface area (Å²) in [5, 5.41) is 8.31. The lowest BCUT2D eigenvalue weighted by Gasteiger charge is -2.37. The molecule has 5 nitrogen and oxygen atoms in total. The molecule has 1 aromatic carbocycles. The summed E-state index contributed by atoms with van der Waals surface area (Å²) < 4.78 is 35.1. The summed E-state index contributed by atoms with van der Waals surface area (Å²) in [4.78, 5) is 13.2. The molecule has 0 bridgehead atoms. The van der Waals surface area contributed by atoms with Gasteiger partial charge in [-0.3, -0.25) is 4.79 Å². The molecule has 1 aliphatic rings. The SMILES string of the molecule is CC1CN(c2c(C=O)cc(-c3nnc(CCl)s3)c(F)c2F)CC(C)O1. The highest BCUT2D eigenvalue weighted by Crippen LogP contribution is 2.35. The maximum absolute atomic E-state index is 14.8. The van der Waals surface area contributed by atoms with Gasteiger partial charge in [-0.2, -0.15) is 0 Å². The molecule has 134 valence electrons. The largest absolute Gasteiger partial charge is 0.372 e. The van der Waals surface area contributed by atoms with Gasteiger partial charge in [0, 0.05) is 18.7 Å². The Morgan fingerprint density at radius 3 is 2.56 bits per heavy atom. The minimum atomic E-state index is -1.07. The van der Waals surface area contributed by atoms with Gasteiger partial charge < -0.3 is 9.64 Å². The van der Waals surface area contributed by atoms with E-state index in [1.54, 1.807) is 4.90 Å². The zero-order chi connectivity index (χ0) is 18.1. The monoisotopic (exact) mass is 387 g/mol. The zero-order valence-corrected chi connectivity index (χ0v) is 15.2. The zero-order valence-electron chi connectivity index (χ0n) is 13.6. The van der Waals surface area contributed by atoms with Crippen LogP contribution in [0.25, 0.3) is 10.6 Å². The maximum atomic E-state index is 14.8. The Hall–Kier alpha value is -1.64. The van der Waals surface area contributed by atoms with Crippen LogP contribution >= 0.6 is 22.9 Å². The van der Waals surface area contributed by atoms with Gasteiger partial charge in [0.1, 0.15) is 5.01 Å². The first kappa shape index (κ1) is 18.2. The molecule has 2 unspecified atom stereocenters. The van der Waals surface area contributed by atoms with E-state index in [1.807, 2.05) is 13.8 Å². The van der Waals surface area contributed by atoms with Crippen molar-refractivity contribution in [3.63, 3.8) is 0 Å². The quantitative estimate of drug-likeness (QED) is 0.592. The van der Waals surface area contributed by atoms with E-state index >= 15 is 0 Å². The van der Waals surface area contributed by atoms with Gasteiger partial charge in [0.2, 0.25) is 0 Å². The number of halogens is 3. The third-order valence-corrected chi connectivity index (χ3v) is 5.25. The lowest BCUT2D eigenvalue weighted by Crippen LogP contribution is -2.46. The molecular weight excluding hydrogens is 372 g/mol. The molecule has 0 radical (unpaired) electrons. The van der Waals surface area contributed by atoms with E-state index in [2.05, 4.69) is 10.2 Å². The predicted molar refractivity (Wildman–Crippen MR) is 92.4 cm³/mol. The summed E-state index contributed by atoms with van der Waals surface area (Å²) in [6, 6.07) is 1.31. The Labute approximate surface area is 152 Å². The number of hydrogen-bond acceptors (Lipinski definition) is 6. The summed E-state index contributed by atoms with van der Waals surface area (Å²) in [7, 11) is 0. The van der Waals surface area contributed by atoms with Crippen LogP contribution in [-0.2, 0) is 10.6 Å². The van der Waals surface area contributed by atoms with Crippen LogP contribution in [0, 0.1) is 11.6 Å². The van der Waals surface area contributed by atoms with E-state index in [0.29, 0.717) is 24.4 Å². The van der Waals surface area contributed by atoms with E-state index in [1.165, 1.54) is 6.07 Å². The average molecular weight is 388 g/mol. The predicted octanol–water partition coefficient (Wildman–Crippen LogP) is 3.65. The van der Waals surface area contributed by atoms with Crippen LogP contribution in [0.2, 0.25) is 0 Å². The van der Waals surface area contributed by atoms with Crippen molar-refractivity contribution >= 4 is 34.9 Å². The second kappa shape index (κ2) is 7.31. The molecular formula is C16H16ClF2N3O2S. The summed E-state index contributed by atoms with van der Waals surface area (Å²) >= 11 is 6.74. The number of carbonyl (C=O) groups is 1. The molecule has 2 aromatic rings. The molecule has 9 heteroatoms. The molecule has 0 aliphatic carbocycles. The molecule has 1 fully saturated rings. The molecule has 1 saturated heterocycles. The van der Waals surface area contributed by atoms with Crippen molar-refractivity contribution in [3.8, 4) is 10.6 Å². The molecule has 1 aliphatic heterocycles. The second-order valence-corrected chi connectivity index (χ2v) is 7.23. The Morgan fingerprint density at radius 1 is 1.32 bits per heavy atom. The fourth-order valence-corrected chi connectivity index (χ4v) is 3.90. The molecule has 2 heterocycles. The fourth-order valence-electron chi connectivity index (χ4n) is 2.98. The van der Waals surface area contributed by atoms with Gasteiger partial charge in [0.25, 0.3) is 0 Å². The number of nitrogens with zero attached hydrogens (tertiary/aromatic N) is 3. The van der Waals surface area contributed by atoms with Crippen molar-refractivity contribution in [2.45, 2.75) is 31.9 Å². The third-order valence-electron chi connectivity index (χ3n) is 3.88.